The van der Waals surface area contributed by atoms with Crippen LogP contribution in [0.2, 0.25) is 0 Å². The highest BCUT2D eigenvalue weighted by Crippen LogP contribution is 2.71. The molecule has 5 heteroatoms. The first kappa shape index (κ1) is 14.9. The second-order valence-corrected chi connectivity index (χ2v) is 10.1. The van der Waals surface area contributed by atoms with Gasteiger partial charge < -0.3 is 9.47 Å². The lowest BCUT2D eigenvalue weighted by Crippen LogP contribution is -2.54. The fourth-order valence-corrected chi connectivity index (χ4v) is 9.54. The largest absolute Gasteiger partial charge is 0.466 e. The van der Waals surface area contributed by atoms with Crippen molar-refractivity contribution < 1.29 is 14.3 Å². The van der Waals surface area contributed by atoms with Gasteiger partial charge in [0.15, 0.2) is 0 Å². The van der Waals surface area contributed by atoms with Gasteiger partial charge in [0.25, 0.3) is 0 Å². The van der Waals surface area contributed by atoms with Crippen LogP contribution in [-0.4, -0.2) is 40.4 Å². The summed E-state index contributed by atoms with van der Waals surface area (Å²) in [5.74, 6) is 2.98. The van der Waals surface area contributed by atoms with E-state index in [-0.39, 0.29) is 21.8 Å². The van der Waals surface area contributed by atoms with Crippen LogP contribution in [0.15, 0.2) is 22.8 Å². The van der Waals surface area contributed by atoms with Crippen molar-refractivity contribution in [2.24, 2.45) is 5.92 Å². The van der Waals surface area contributed by atoms with E-state index in [0.29, 0.717) is 5.92 Å². The zero-order valence-corrected chi connectivity index (χ0v) is 15.1. The summed E-state index contributed by atoms with van der Waals surface area (Å²) in [4.78, 5) is 12.0. The van der Waals surface area contributed by atoms with Crippen LogP contribution >= 0.6 is 23.5 Å². The predicted octanol–water partition coefficient (Wildman–Crippen LogP) is 3.69. The molecule has 5 aliphatic rings. The van der Waals surface area contributed by atoms with Gasteiger partial charge in [0, 0.05) is 23.5 Å². The van der Waals surface area contributed by atoms with E-state index in [2.05, 4.69) is 29.6 Å². The summed E-state index contributed by atoms with van der Waals surface area (Å²) < 4.78 is 11.9. The molecular formula is C18H22O3S2. The van der Waals surface area contributed by atoms with Crippen molar-refractivity contribution in [3.63, 3.8) is 0 Å². The third-order valence-electron chi connectivity index (χ3n) is 6.42. The summed E-state index contributed by atoms with van der Waals surface area (Å²) in [5, 5.41) is 0. The SMILES string of the molecule is COC(=O)C1=CCC2=C(C1)[C@H]1C[C@@H]3CCC[C@@]3(O1)C21SCCS1. The maximum atomic E-state index is 12.0. The van der Waals surface area contributed by atoms with Crippen LogP contribution in [0.4, 0.5) is 0 Å². The summed E-state index contributed by atoms with van der Waals surface area (Å²) >= 11 is 4.26. The number of carbonyl (C=O) groups is 1. The summed E-state index contributed by atoms with van der Waals surface area (Å²) in [6, 6.07) is 0. The van der Waals surface area contributed by atoms with Crippen molar-refractivity contribution in [1.82, 2.24) is 0 Å². The van der Waals surface area contributed by atoms with Gasteiger partial charge in [-0.05, 0) is 42.7 Å². The van der Waals surface area contributed by atoms with Crippen LogP contribution in [0, 0.1) is 5.92 Å². The summed E-state index contributed by atoms with van der Waals surface area (Å²) in [6.45, 7) is 0. The van der Waals surface area contributed by atoms with Crippen LogP contribution in [-0.2, 0) is 14.3 Å². The highest BCUT2D eigenvalue weighted by Gasteiger charge is 2.69. The number of ether oxygens (including phenoxy) is 2. The predicted molar refractivity (Wildman–Crippen MR) is 93.6 cm³/mol. The first-order chi connectivity index (χ1) is 11.2. The molecule has 3 aliphatic heterocycles. The number of allylic oxidation sites excluding steroid dienone is 1. The molecule has 3 fully saturated rings. The second kappa shape index (κ2) is 5.06. The van der Waals surface area contributed by atoms with Gasteiger partial charge in [-0.2, -0.15) is 0 Å². The maximum absolute atomic E-state index is 12.0. The van der Waals surface area contributed by atoms with Crippen molar-refractivity contribution in [1.29, 1.82) is 0 Å². The van der Waals surface area contributed by atoms with Gasteiger partial charge in [0.2, 0.25) is 0 Å². The molecule has 2 bridgehead atoms. The van der Waals surface area contributed by atoms with Gasteiger partial charge in [-0.25, -0.2) is 4.79 Å². The average molecular weight is 351 g/mol. The maximum Gasteiger partial charge on any atom is 0.333 e. The number of hydrogen-bond acceptors (Lipinski definition) is 5. The monoisotopic (exact) mass is 350 g/mol. The number of rotatable bonds is 1. The van der Waals surface area contributed by atoms with Crippen LogP contribution in [0.1, 0.15) is 38.5 Å². The molecule has 0 aromatic carbocycles. The molecule has 124 valence electrons. The second-order valence-electron chi connectivity index (χ2n) is 7.24. The molecule has 2 aliphatic carbocycles. The van der Waals surface area contributed by atoms with Gasteiger partial charge in [0.05, 0.1) is 18.8 Å². The smallest absolute Gasteiger partial charge is 0.333 e. The molecule has 0 aromatic heterocycles. The van der Waals surface area contributed by atoms with Crippen molar-refractivity contribution in [2.75, 3.05) is 18.6 Å². The summed E-state index contributed by atoms with van der Waals surface area (Å²) in [5.41, 5.74) is 3.90. The fraction of sp³-hybridized carbons (Fsp3) is 0.722. The highest BCUT2D eigenvalue weighted by atomic mass is 32.2. The standard InChI is InChI=1S/C18H22O3S2/c1-20-16(19)11-4-5-14-13(9-11)15-10-12-3-2-6-17(12,21-15)18(14)22-7-8-23-18/h4,12,15H,2-3,5-10H2,1H3/t12-,15+,17-/m0/s1. The first-order valence-corrected chi connectivity index (χ1v) is 10.6. The zero-order chi connectivity index (χ0) is 15.7. The summed E-state index contributed by atoms with van der Waals surface area (Å²) in [7, 11) is 1.48. The first-order valence-electron chi connectivity index (χ1n) is 8.66. The van der Waals surface area contributed by atoms with Crippen molar-refractivity contribution in [3.8, 4) is 0 Å². The third kappa shape index (κ3) is 1.77. The Kier molecular flexibility index (Phi) is 3.28. The molecule has 0 amide bonds. The van der Waals surface area contributed by atoms with E-state index in [1.165, 1.54) is 43.5 Å². The minimum absolute atomic E-state index is 0.0684. The molecule has 0 radical (unpaired) electrons. The molecule has 3 atom stereocenters. The molecule has 3 nitrogen and oxygen atoms in total. The molecule has 0 N–H and O–H groups in total. The molecular weight excluding hydrogens is 328 g/mol. The Morgan fingerprint density at radius 3 is 3.00 bits per heavy atom. The van der Waals surface area contributed by atoms with E-state index in [0.717, 1.165) is 24.8 Å². The van der Waals surface area contributed by atoms with Gasteiger partial charge in [0.1, 0.15) is 4.08 Å². The zero-order valence-electron chi connectivity index (χ0n) is 13.4. The minimum Gasteiger partial charge on any atom is -0.466 e. The summed E-state index contributed by atoms with van der Waals surface area (Å²) in [6.07, 6.45) is 9.03. The molecule has 2 spiro atoms. The Labute approximate surface area is 145 Å². The van der Waals surface area contributed by atoms with Crippen LogP contribution in [0.5, 0.6) is 0 Å². The number of hydrogen-bond donors (Lipinski definition) is 0. The Balaban J connectivity index is 1.60. The number of esters is 1. The van der Waals surface area contributed by atoms with E-state index in [9.17, 15) is 4.79 Å². The van der Waals surface area contributed by atoms with Crippen molar-refractivity contribution in [3.05, 3.63) is 22.8 Å². The van der Waals surface area contributed by atoms with E-state index in [1.54, 1.807) is 5.57 Å². The Morgan fingerprint density at radius 1 is 1.39 bits per heavy atom. The normalized spacial score (nSPS) is 40.1. The topological polar surface area (TPSA) is 35.5 Å². The van der Waals surface area contributed by atoms with Gasteiger partial charge in [-0.1, -0.05) is 12.5 Å². The number of fused-ring (bicyclic) bond motifs is 3. The lowest BCUT2D eigenvalue weighted by molar-refractivity contribution is -0.136. The van der Waals surface area contributed by atoms with Gasteiger partial charge >= 0.3 is 5.97 Å². The quantitative estimate of drug-likeness (QED) is 0.532. The van der Waals surface area contributed by atoms with Crippen molar-refractivity contribution in [2.45, 2.75) is 54.3 Å². The fourth-order valence-electron chi connectivity index (χ4n) is 5.56. The average Bonchev–Trinajstić information content (AvgIpc) is 3.25. The van der Waals surface area contributed by atoms with E-state index >= 15 is 0 Å². The molecule has 5 rings (SSSR count). The van der Waals surface area contributed by atoms with Gasteiger partial charge in [-0.3, -0.25) is 0 Å². The van der Waals surface area contributed by atoms with Crippen LogP contribution in [0.25, 0.3) is 0 Å². The minimum atomic E-state index is -0.171. The molecule has 23 heavy (non-hydrogen) atoms. The van der Waals surface area contributed by atoms with Gasteiger partial charge in [-0.15, -0.1) is 23.5 Å². The van der Waals surface area contributed by atoms with Crippen LogP contribution < -0.4 is 0 Å². The third-order valence-corrected chi connectivity index (χ3v) is 10.2. The Hall–Kier alpha value is -0.390. The molecule has 0 aromatic rings. The Bertz CT molecular complexity index is 632. The molecule has 1 saturated carbocycles. The lowest BCUT2D eigenvalue weighted by Gasteiger charge is -2.51. The lowest BCUT2D eigenvalue weighted by atomic mass is 9.80. The number of thioether (sulfide) groups is 2. The number of methoxy groups -OCH3 is 1. The number of carbonyl (C=O) groups excluding carboxylic acids is 1. The van der Waals surface area contributed by atoms with E-state index in [1.807, 2.05) is 0 Å². The van der Waals surface area contributed by atoms with E-state index < -0.39 is 0 Å². The molecule has 2 saturated heterocycles. The molecule has 0 unspecified atom stereocenters. The molecule has 3 heterocycles. The van der Waals surface area contributed by atoms with Crippen molar-refractivity contribution >= 4 is 29.5 Å². The van der Waals surface area contributed by atoms with E-state index in [4.69, 9.17) is 9.47 Å². The highest BCUT2D eigenvalue weighted by molar-refractivity contribution is 8.21. The Morgan fingerprint density at radius 2 is 2.22 bits per heavy atom. The van der Waals surface area contributed by atoms with Crippen LogP contribution in [0.3, 0.4) is 0 Å².